The molecule has 1 atom stereocenters. The number of hydrogen-bond acceptors (Lipinski definition) is 3. The van der Waals surface area contributed by atoms with Crippen LogP contribution in [0.1, 0.15) is 34.3 Å². The number of hydrogen-bond donors (Lipinski definition) is 0. The second-order valence-corrected chi connectivity index (χ2v) is 7.60. The van der Waals surface area contributed by atoms with E-state index in [1.54, 1.807) is 24.3 Å². The Morgan fingerprint density at radius 2 is 1.85 bits per heavy atom. The number of aldehydes is 1. The van der Waals surface area contributed by atoms with Gasteiger partial charge in [-0.3, -0.25) is 0 Å². The predicted octanol–water partition coefficient (Wildman–Crippen LogP) is 5.28. The van der Waals surface area contributed by atoms with Gasteiger partial charge in [0.15, 0.2) is 0 Å². The van der Waals surface area contributed by atoms with Crippen LogP contribution in [0.5, 0.6) is 0 Å². The standard InChI is InChI=1S/C19H14BrClF2O3/c20-13-3-1-12(2-4-13)17(25)26-11-18(10-24)7-8-19(22,23)16-9-14(21)5-6-15(16)18/h1-6,9-10H,7-8,11H2/t18-/m0/s1. The Morgan fingerprint density at radius 3 is 2.50 bits per heavy atom. The van der Waals surface area contributed by atoms with Gasteiger partial charge in [-0.15, -0.1) is 0 Å². The number of benzene rings is 2. The molecule has 3 nitrogen and oxygen atoms in total. The smallest absolute Gasteiger partial charge is 0.338 e. The molecule has 7 heteroatoms. The summed E-state index contributed by atoms with van der Waals surface area (Å²) in [4.78, 5) is 24.1. The monoisotopic (exact) mass is 442 g/mol. The molecule has 0 radical (unpaired) electrons. The van der Waals surface area contributed by atoms with Gasteiger partial charge in [-0.25, -0.2) is 13.6 Å². The van der Waals surface area contributed by atoms with Crippen molar-refractivity contribution in [3.8, 4) is 0 Å². The number of esters is 1. The molecule has 0 fully saturated rings. The second kappa shape index (κ2) is 7.08. The summed E-state index contributed by atoms with van der Waals surface area (Å²) in [5, 5.41) is 0.164. The number of alkyl halides is 2. The molecule has 0 heterocycles. The van der Waals surface area contributed by atoms with Gasteiger partial charge in [-0.05, 0) is 48.4 Å². The lowest BCUT2D eigenvalue weighted by Gasteiger charge is -2.37. The van der Waals surface area contributed by atoms with Crippen LogP contribution in [0.25, 0.3) is 0 Å². The van der Waals surface area contributed by atoms with Crippen molar-refractivity contribution in [1.29, 1.82) is 0 Å². The highest BCUT2D eigenvalue weighted by atomic mass is 79.9. The summed E-state index contributed by atoms with van der Waals surface area (Å²) in [7, 11) is 0. The van der Waals surface area contributed by atoms with Gasteiger partial charge in [0.2, 0.25) is 0 Å². The van der Waals surface area contributed by atoms with Crippen LogP contribution in [0.3, 0.4) is 0 Å². The quantitative estimate of drug-likeness (QED) is 0.477. The largest absolute Gasteiger partial charge is 0.461 e. The highest BCUT2D eigenvalue weighted by Crippen LogP contribution is 2.48. The minimum atomic E-state index is -3.08. The SMILES string of the molecule is O=C[C@]1(COC(=O)c2ccc(Br)cc2)CCC(F)(F)c2cc(Cl)ccc21. The van der Waals surface area contributed by atoms with Crippen molar-refractivity contribution in [3.05, 3.63) is 68.7 Å². The zero-order valence-corrected chi connectivity index (χ0v) is 15.8. The minimum Gasteiger partial charge on any atom is -0.461 e. The topological polar surface area (TPSA) is 43.4 Å². The van der Waals surface area contributed by atoms with Gasteiger partial charge in [-0.2, -0.15) is 0 Å². The van der Waals surface area contributed by atoms with Crippen LogP contribution in [-0.4, -0.2) is 18.9 Å². The Kier molecular flexibility index (Phi) is 5.17. The molecule has 1 aliphatic carbocycles. The predicted molar refractivity (Wildman–Crippen MR) is 96.7 cm³/mol. The fraction of sp³-hybridized carbons (Fsp3) is 0.263. The summed E-state index contributed by atoms with van der Waals surface area (Å²) in [5.41, 5.74) is -1.14. The molecule has 0 unspecified atom stereocenters. The first-order valence-corrected chi connectivity index (χ1v) is 9.02. The molecule has 2 aromatic rings. The average Bonchev–Trinajstić information content (AvgIpc) is 2.62. The Balaban J connectivity index is 1.89. The highest BCUT2D eigenvalue weighted by Gasteiger charge is 2.48. The maximum atomic E-state index is 14.3. The Hall–Kier alpha value is -1.79. The molecule has 0 aromatic heterocycles. The lowest BCUT2D eigenvalue weighted by molar-refractivity contribution is -0.117. The lowest BCUT2D eigenvalue weighted by atomic mass is 9.70. The van der Waals surface area contributed by atoms with E-state index in [-0.39, 0.29) is 29.2 Å². The molecule has 26 heavy (non-hydrogen) atoms. The first kappa shape index (κ1) is 19.0. The number of carbonyl (C=O) groups is 2. The molecular weight excluding hydrogens is 430 g/mol. The normalized spacial score (nSPS) is 20.9. The van der Waals surface area contributed by atoms with Crippen molar-refractivity contribution in [2.75, 3.05) is 6.61 Å². The molecule has 1 aliphatic rings. The molecule has 0 saturated heterocycles. The van der Waals surface area contributed by atoms with Crippen LogP contribution in [-0.2, 0) is 20.9 Å². The average molecular weight is 444 g/mol. The van der Waals surface area contributed by atoms with Crippen molar-refractivity contribution in [1.82, 2.24) is 0 Å². The summed E-state index contributed by atoms with van der Waals surface area (Å²) in [6.45, 7) is -0.309. The minimum absolute atomic E-state index is 0.119. The molecule has 0 bridgehead atoms. The number of fused-ring (bicyclic) bond motifs is 1. The van der Waals surface area contributed by atoms with E-state index in [1.807, 2.05) is 0 Å². The van der Waals surface area contributed by atoms with Gasteiger partial charge in [-0.1, -0.05) is 33.6 Å². The van der Waals surface area contributed by atoms with Crippen molar-refractivity contribution < 1.29 is 23.1 Å². The molecule has 2 aromatic carbocycles. The highest BCUT2D eigenvalue weighted by molar-refractivity contribution is 9.10. The maximum Gasteiger partial charge on any atom is 0.338 e. The third-order valence-electron chi connectivity index (χ3n) is 4.56. The number of halogens is 4. The molecule has 0 amide bonds. The first-order valence-electron chi connectivity index (χ1n) is 7.85. The lowest BCUT2D eigenvalue weighted by Crippen LogP contribution is -2.42. The second-order valence-electron chi connectivity index (χ2n) is 6.25. The van der Waals surface area contributed by atoms with E-state index < -0.39 is 23.7 Å². The zero-order chi connectivity index (χ0) is 18.9. The summed E-state index contributed by atoms with van der Waals surface area (Å²) < 4.78 is 34.6. The van der Waals surface area contributed by atoms with Crippen molar-refractivity contribution in [3.63, 3.8) is 0 Å². The fourth-order valence-corrected chi connectivity index (χ4v) is 3.51. The third kappa shape index (κ3) is 3.53. The van der Waals surface area contributed by atoms with Crippen LogP contribution in [0, 0.1) is 0 Å². The maximum absolute atomic E-state index is 14.3. The number of carbonyl (C=O) groups excluding carboxylic acids is 2. The van der Waals surface area contributed by atoms with Gasteiger partial charge in [0.1, 0.15) is 12.9 Å². The molecule has 3 rings (SSSR count). The van der Waals surface area contributed by atoms with E-state index in [0.29, 0.717) is 11.8 Å². The zero-order valence-electron chi connectivity index (χ0n) is 13.5. The summed E-state index contributed by atoms with van der Waals surface area (Å²) >= 11 is 9.12. The van der Waals surface area contributed by atoms with Gasteiger partial charge in [0.25, 0.3) is 5.92 Å². The first-order chi connectivity index (χ1) is 12.3. The molecule has 0 aliphatic heterocycles. The summed E-state index contributed by atoms with van der Waals surface area (Å²) in [6, 6.07) is 10.6. The van der Waals surface area contributed by atoms with Crippen LogP contribution in [0.15, 0.2) is 46.9 Å². The van der Waals surface area contributed by atoms with E-state index in [9.17, 15) is 18.4 Å². The van der Waals surface area contributed by atoms with E-state index in [1.165, 1.54) is 18.2 Å². The van der Waals surface area contributed by atoms with Crippen LogP contribution in [0.4, 0.5) is 8.78 Å². The van der Waals surface area contributed by atoms with Crippen LogP contribution >= 0.6 is 27.5 Å². The summed E-state index contributed by atoms with van der Waals surface area (Å²) in [6.07, 6.45) is -0.0511. The van der Waals surface area contributed by atoms with Crippen LogP contribution in [0.2, 0.25) is 5.02 Å². The van der Waals surface area contributed by atoms with E-state index >= 15 is 0 Å². The van der Waals surface area contributed by atoms with E-state index in [0.717, 1.165) is 4.47 Å². The number of ether oxygens (including phenoxy) is 1. The Morgan fingerprint density at radius 1 is 1.15 bits per heavy atom. The molecule has 0 N–H and O–H groups in total. The number of rotatable bonds is 4. The van der Waals surface area contributed by atoms with Gasteiger partial charge in [0, 0.05) is 21.5 Å². The van der Waals surface area contributed by atoms with Crippen molar-refractivity contribution >= 4 is 39.8 Å². The third-order valence-corrected chi connectivity index (χ3v) is 5.33. The molecular formula is C19H14BrClF2O3. The van der Waals surface area contributed by atoms with Gasteiger partial charge >= 0.3 is 5.97 Å². The Labute approximate surface area is 162 Å². The van der Waals surface area contributed by atoms with Crippen LogP contribution < -0.4 is 0 Å². The van der Waals surface area contributed by atoms with Crippen molar-refractivity contribution in [2.24, 2.45) is 0 Å². The van der Waals surface area contributed by atoms with E-state index in [4.69, 9.17) is 16.3 Å². The van der Waals surface area contributed by atoms with Gasteiger partial charge in [0.05, 0.1) is 11.0 Å². The van der Waals surface area contributed by atoms with E-state index in [2.05, 4.69) is 15.9 Å². The fourth-order valence-electron chi connectivity index (χ4n) is 3.07. The van der Waals surface area contributed by atoms with Gasteiger partial charge < -0.3 is 9.53 Å². The summed E-state index contributed by atoms with van der Waals surface area (Å²) in [5.74, 6) is -3.70. The molecule has 0 spiro atoms. The molecule has 136 valence electrons. The van der Waals surface area contributed by atoms with Crippen molar-refractivity contribution in [2.45, 2.75) is 24.2 Å². The Bertz CT molecular complexity index is 854. The molecule has 0 saturated carbocycles.